The van der Waals surface area contributed by atoms with Gasteiger partial charge < -0.3 is 4.74 Å². The maximum atomic E-state index is 11.4. The Morgan fingerprint density at radius 2 is 1.89 bits per heavy atom. The molecule has 0 saturated carbocycles. The first-order chi connectivity index (χ1) is 9.24. The molecule has 1 unspecified atom stereocenters. The van der Waals surface area contributed by atoms with Crippen LogP contribution >= 0.6 is 0 Å². The van der Waals surface area contributed by atoms with Gasteiger partial charge >= 0.3 is 5.97 Å². The van der Waals surface area contributed by atoms with E-state index < -0.39 is 5.97 Å². The van der Waals surface area contributed by atoms with Crippen LogP contribution in [0.15, 0.2) is 67.8 Å². The Morgan fingerprint density at radius 3 is 2.58 bits per heavy atom. The molecule has 2 aromatic rings. The molecule has 0 saturated heterocycles. The predicted molar refractivity (Wildman–Crippen MR) is 77.8 cm³/mol. The van der Waals surface area contributed by atoms with Crippen molar-refractivity contribution < 1.29 is 9.53 Å². The van der Waals surface area contributed by atoms with Gasteiger partial charge in [0.25, 0.3) is 0 Å². The quantitative estimate of drug-likeness (QED) is 0.453. The monoisotopic (exact) mass is 252 g/mol. The highest BCUT2D eigenvalue weighted by molar-refractivity contribution is 5.84. The normalized spacial score (nSPS) is 11.8. The highest BCUT2D eigenvalue weighted by atomic mass is 16.5. The van der Waals surface area contributed by atoms with Crippen LogP contribution in [0.5, 0.6) is 0 Å². The van der Waals surface area contributed by atoms with Crippen LogP contribution < -0.4 is 0 Å². The van der Waals surface area contributed by atoms with E-state index in [1.807, 2.05) is 36.4 Å². The molecule has 0 bridgehead atoms. The third-order valence-electron chi connectivity index (χ3n) is 2.95. The van der Waals surface area contributed by atoms with Crippen molar-refractivity contribution in [3.63, 3.8) is 0 Å². The first-order valence-electron chi connectivity index (χ1n) is 6.17. The number of benzene rings is 2. The summed E-state index contributed by atoms with van der Waals surface area (Å²) in [5.74, 6) is -0.417. The molecule has 0 heterocycles. The minimum absolute atomic E-state index is 0.312. The number of carbonyl (C=O) groups is 1. The molecule has 0 spiro atoms. The second-order valence-corrected chi connectivity index (χ2v) is 4.26. The molecule has 0 N–H and O–H groups in total. The van der Waals surface area contributed by atoms with Crippen LogP contribution in [0, 0.1) is 0 Å². The second kappa shape index (κ2) is 6.01. The number of fused-ring (bicyclic) bond motifs is 1. The fourth-order valence-corrected chi connectivity index (χ4v) is 2.00. The summed E-state index contributed by atoms with van der Waals surface area (Å²) in [6.07, 6.45) is 3.19. The maximum absolute atomic E-state index is 11.4. The van der Waals surface area contributed by atoms with Crippen molar-refractivity contribution in [2.75, 3.05) is 0 Å². The number of esters is 1. The van der Waals surface area contributed by atoms with E-state index in [1.165, 1.54) is 11.5 Å². The minimum atomic E-state index is -0.417. The standard InChI is InChI=1S/C17H16O2/c1-3-7-16(19-17(18)4-2)15-11-10-13-8-5-6-9-14(13)12-15/h3-6,8-12,16H,1-2,7H2. The molecule has 19 heavy (non-hydrogen) atoms. The van der Waals surface area contributed by atoms with Gasteiger partial charge in [0.2, 0.25) is 0 Å². The van der Waals surface area contributed by atoms with Crippen LogP contribution in [-0.4, -0.2) is 5.97 Å². The molecular weight excluding hydrogens is 236 g/mol. The number of rotatable bonds is 5. The summed E-state index contributed by atoms with van der Waals surface area (Å²) in [5, 5.41) is 2.29. The van der Waals surface area contributed by atoms with E-state index in [-0.39, 0.29) is 6.10 Å². The second-order valence-electron chi connectivity index (χ2n) is 4.26. The Labute approximate surface area is 113 Å². The van der Waals surface area contributed by atoms with Crippen molar-refractivity contribution in [3.05, 3.63) is 73.3 Å². The average molecular weight is 252 g/mol. The molecule has 2 heteroatoms. The van der Waals surface area contributed by atoms with E-state index in [2.05, 4.69) is 19.2 Å². The zero-order valence-corrected chi connectivity index (χ0v) is 10.7. The maximum Gasteiger partial charge on any atom is 0.330 e. The van der Waals surface area contributed by atoms with Crippen molar-refractivity contribution in [1.82, 2.24) is 0 Å². The van der Waals surface area contributed by atoms with Crippen LogP contribution in [0.1, 0.15) is 18.1 Å². The van der Waals surface area contributed by atoms with Crippen molar-refractivity contribution in [2.24, 2.45) is 0 Å². The van der Waals surface area contributed by atoms with Crippen LogP contribution in [-0.2, 0) is 9.53 Å². The Bertz CT molecular complexity index is 613. The van der Waals surface area contributed by atoms with Gasteiger partial charge in [0, 0.05) is 12.5 Å². The average Bonchev–Trinajstić information content (AvgIpc) is 2.46. The lowest BCUT2D eigenvalue weighted by atomic mass is 10.0. The van der Waals surface area contributed by atoms with E-state index in [0.717, 1.165) is 10.9 Å². The van der Waals surface area contributed by atoms with Crippen LogP contribution in [0.25, 0.3) is 10.8 Å². The summed E-state index contributed by atoms with van der Waals surface area (Å²) in [7, 11) is 0. The Hall–Kier alpha value is -2.35. The van der Waals surface area contributed by atoms with E-state index in [0.29, 0.717) is 6.42 Å². The molecule has 2 aromatic carbocycles. The summed E-state index contributed by atoms with van der Waals surface area (Å²) in [5.41, 5.74) is 0.966. The molecule has 0 aliphatic heterocycles. The van der Waals surface area contributed by atoms with Gasteiger partial charge in [-0.05, 0) is 22.4 Å². The number of hydrogen-bond donors (Lipinski definition) is 0. The van der Waals surface area contributed by atoms with Gasteiger partial charge in [-0.15, -0.1) is 6.58 Å². The van der Waals surface area contributed by atoms with Gasteiger partial charge in [0.1, 0.15) is 6.10 Å². The van der Waals surface area contributed by atoms with E-state index in [4.69, 9.17) is 4.74 Å². The third kappa shape index (κ3) is 3.10. The third-order valence-corrected chi connectivity index (χ3v) is 2.95. The lowest BCUT2D eigenvalue weighted by Crippen LogP contribution is -2.08. The van der Waals surface area contributed by atoms with Gasteiger partial charge in [-0.2, -0.15) is 0 Å². The Balaban J connectivity index is 2.35. The fourth-order valence-electron chi connectivity index (χ4n) is 2.00. The Kier molecular flexibility index (Phi) is 4.14. The van der Waals surface area contributed by atoms with Crippen LogP contribution in [0.2, 0.25) is 0 Å². The summed E-state index contributed by atoms with van der Waals surface area (Å²) >= 11 is 0. The summed E-state index contributed by atoms with van der Waals surface area (Å²) < 4.78 is 5.35. The molecule has 0 aliphatic carbocycles. The molecule has 2 nitrogen and oxygen atoms in total. The highest BCUT2D eigenvalue weighted by Gasteiger charge is 2.14. The molecular formula is C17H16O2. The lowest BCUT2D eigenvalue weighted by molar-refractivity contribution is -0.143. The van der Waals surface area contributed by atoms with E-state index in [9.17, 15) is 4.79 Å². The SMILES string of the molecule is C=CCC(OC(=O)C=C)c1ccc2ccccc2c1. The van der Waals surface area contributed by atoms with Crippen molar-refractivity contribution in [2.45, 2.75) is 12.5 Å². The molecule has 0 amide bonds. The van der Waals surface area contributed by atoms with Crippen LogP contribution in [0.3, 0.4) is 0 Å². The van der Waals surface area contributed by atoms with Crippen molar-refractivity contribution >= 4 is 16.7 Å². The van der Waals surface area contributed by atoms with Gasteiger partial charge in [0.05, 0.1) is 0 Å². The summed E-state index contributed by atoms with van der Waals surface area (Å²) in [6.45, 7) is 7.12. The topological polar surface area (TPSA) is 26.3 Å². The van der Waals surface area contributed by atoms with Crippen LogP contribution in [0.4, 0.5) is 0 Å². The largest absolute Gasteiger partial charge is 0.454 e. The van der Waals surface area contributed by atoms with Gasteiger partial charge in [-0.25, -0.2) is 4.79 Å². The molecule has 2 rings (SSSR count). The molecule has 1 atom stereocenters. The fraction of sp³-hybridized carbons (Fsp3) is 0.118. The number of hydrogen-bond acceptors (Lipinski definition) is 2. The molecule has 96 valence electrons. The van der Waals surface area contributed by atoms with Gasteiger partial charge in [-0.3, -0.25) is 0 Å². The minimum Gasteiger partial charge on any atom is -0.454 e. The zero-order valence-electron chi connectivity index (χ0n) is 10.7. The zero-order chi connectivity index (χ0) is 13.7. The summed E-state index contributed by atoms with van der Waals surface area (Å²) in [6, 6.07) is 14.1. The lowest BCUT2D eigenvalue weighted by Gasteiger charge is -2.16. The number of ether oxygens (including phenoxy) is 1. The predicted octanol–water partition coefficient (Wildman–Crippen LogP) is 4.19. The first-order valence-corrected chi connectivity index (χ1v) is 6.17. The summed E-state index contributed by atoms with van der Waals surface area (Å²) in [4.78, 5) is 11.4. The smallest absolute Gasteiger partial charge is 0.330 e. The van der Waals surface area contributed by atoms with Crippen molar-refractivity contribution in [3.8, 4) is 0 Å². The molecule has 0 radical (unpaired) electrons. The highest BCUT2D eigenvalue weighted by Crippen LogP contribution is 2.25. The first kappa shape index (κ1) is 13.1. The molecule has 0 aromatic heterocycles. The molecule has 0 aliphatic rings. The van der Waals surface area contributed by atoms with E-state index in [1.54, 1.807) is 6.08 Å². The van der Waals surface area contributed by atoms with Gasteiger partial charge in [0.15, 0.2) is 0 Å². The van der Waals surface area contributed by atoms with Gasteiger partial charge in [-0.1, -0.05) is 49.1 Å². The molecule has 0 fully saturated rings. The number of carbonyl (C=O) groups excluding carboxylic acids is 1. The Morgan fingerprint density at radius 1 is 1.16 bits per heavy atom. The van der Waals surface area contributed by atoms with Crippen molar-refractivity contribution in [1.29, 1.82) is 0 Å². The van der Waals surface area contributed by atoms with E-state index >= 15 is 0 Å².